The monoisotopic (exact) mass is 157 g/mol. The molecule has 11 heavy (non-hydrogen) atoms. The fraction of sp³-hybridized carbons (Fsp3) is 1.00. The summed E-state index contributed by atoms with van der Waals surface area (Å²) < 4.78 is 0. The smallest absolute Gasteiger partial charge is 0.110 e. The highest BCUT2D eigenvalue weighted by molar-refractivity contribution is 4.96. The molecule has 1 saturated carbocycles. The second-order valence-corrected chi connectivity index (χ2v) is 4.33. The van der Waals surface area contributed by atoms with Crippen LogP contribution in [0.1, 0.15) is 27.2 Å². The van der Waals surface area contributed by atoms with E-state index in [1.54, 1.807) is 7.05 Å². The first-order valence-corrected chi connectivity index (χ1v) is 4.35. The van der Waals surface area contributed by atoms with Gasteiger partial charge in [0.15, 0.2) is 0 Å². The molecule has 0 amide bonds. The van der Waals surface area contributed by atoms with Gasteiger partial charge in [0.05, 0.1) is 0 Å². The van der Waals surface area contributed by atoms with Crippen LogP contribution >= 0.6 is 0 Å². The molecule has 0 aromatic carbocycles. The van der Waals surface area contributed by atoms with Crippen LogP contribution in [0.5, 0.6) is 0 Å². The van der Waals surface area contributed by atoms with Crippen LogP contribution < -0.4 is 5.32 Å². The third-order valence-electron chi connectivity index (χ3n) is 3.04. The van der Waals surface area contributed by atoms with E-state index in [2.05, 4.69) is 26.1 Å². The highest BCUT2D eigenvalue weighted by atomic mass is 16.3. The molecule has 0 bridgehead atoms. The number of aliphatic hydroxyl groups excluding tert-OH is 1. The first-order valence-electron chi connectivity index (χ1n) is 4.35. The van der Waals surface area contributed by atoms with Crippen LogP contribution in [-0.2, 0) is 0 Å². The highest BCUT2D eigenvalue weighted by Gasteiger charge is 2.47. The second kappa shape index (κ2) is 2.76. The molecule has 1 aliphatic rings. The van der Waals surface area contributed by atoms with Gasteiger partial charge < -0.3 is 5.11 Å². The van der Waals surface area contributed by atoms with E-state index in [1.165, 1.54) is 6.42 Å². The number of aliphatic hydroxyl groups is 1. The maximum Gasteiger partial charge on any atom is 0.110 e. The first kappa shape index (κ1) is 9.01. The number of rotatable bonds is 3. The molecule has 0 spiro atoms. The summed E-state index contributed by atoms with van der Waals surface area (Å²) in [5, 5.41) is 12.5. The van der Waals surface area contributed by atoms with E-state index >= 15 is 0 Å². The molecule has 0 aromatic rings. The summed E-state index contributed by atoms with van der Waals surface area (Å²) in [7, 11) is 1.81. The molecule has 0 aromatic heterocycles. The standard InChI is InChI=1S/C9H19NO/c1-6-5-7(6)9(2,3)8(11)10-4/h6-8,10-11H,5H2,1-4H3. The van der Waals surface area contributed by atoms with E-state index in [4.69, 9.17) is 0 Å². The molecule has 2 N–H and O–H groups in total. The minimum atomic E-state index is -0.363. The molecule has 3 unspecified atom stereocenters. The van der Waals surface area contributed by atoms with E-state index in [0.717, 1.165) is 5.92 Å². The Bertz CT molecular complexity index is 138. The summed E-state index contributed by atoms with van der Waals surface area (Å²) in [6.45, 7) is 6.50. The SMILES string of the molecule is CNC(O)C(C)(C)C1CC1C. The molecule has 2 nitrogen and oxygen atoms in total. The van der Waals surface area contributed by atoms with Gasteiger partial charge in [-0.2, -0.15) is 0 Å². The summed E-state index contributed by atoms with van der Waals surface area (Å²) >= 11 is 0. The van der Waals surface area contributed by atoms with Gasteiger partial charge in [0, 0.05) is 5.41 Å². The zero-order valence-electron chi connectivity index (χ0n) is 7.89. The van der Waals surface area contributed by atoms with Gasteiger partial charge in [-0.15, -0.1) is 0 Å². The number of nitrogens with one attached hydrogen (secondary N) is 1. The molecule has 0 aliphatic heterocycles. The van der Waals surface area contributed by atoms with Crippen molar-refractivity contribution in [1.82, 2.24) is 5.32 Å². The zero-order chi connectivity index (χ0) is 8.65. The first-order chi connectivity index (χ1) is 5.00. The van der Waals surface area contributed by atoms with Gasteiger partial charge in [0.1, 0.15) is 6.23 Å². The van der Waals surface area contributed by atoms with Crippen LogP contribution in [0.25, 0.3) is 0 Å². The lowest BCUT2D eigenvalue weighted by atomic mass is 9.84. The molecule has 2 heteroatoms. The number of hydrogen-bond acceptors (Lipinski definition) is 2. The Morgan fingerprint density at radius 1 is 1.55 bits per heavy atom. The Morgan fingerprint density at radius 3 is 2.27 bits per heavy atom. The average Bonchev–Trinajstić information content (AvgIpc) is 2.65. The van der Waals surface area contributed by atoms with Gasteiger partial charge in [-0.25, -0.2) is 0 Å². The molecule has 0 saturated heterocycles. The van der Waals surface area contributed by atoms with Crippen molar-refractivity contribution in [2.75, 3.05) is 7.05 Å². The Kier molecular flexibility index (Phi) is 2.26. The summed E-state index contributed by atoms with van der Waals surface area (Å²) in [4.78, 5) is 0. The highest BCUT2D eigenvalue weighted by Crippen LogP contribution is 2.51. The van der Waals surface area contributed by atoms with Crippen LogP contribution in [0.4, 0.5) is 0 Å². The van der Waals surface area contributed by atoms with Crippen LogP contribution in [-0.4, -0.2) is 18.4 Å². The summed E-state index contributed by atoms with van der Waals surface area (Å²) in [6.07, 6.45) is 0.906. The largest absolute Gasteiger partial charge is 0.378 e. The van der Waals surface area contributed by atoms with Crippen molar-refractivity contribution >= 4 is 0 Å². The molecular weight excluding hydrogens is 138 g/mol. The van der Waals surface area contributed by atoms with E-state index < -0.39 is 0 Å². The molecule has 1 fully saturated rings. The van der Waals surface area contributed by atoms with Crippen LogP contribution in [0.2, 0.25) is 0 Å². The predicted molar refractivity (Wildman–Crippen MR) is 46.1 cm³/mol. The third kappa shape index (κ3) is 1.57. The molecule has 0 radical (unpaired) electrons. The minimum Gasteiger partial charge on any atom is -0.378 e. The Balaban J connectivity index is 2.52. The van der Waals surface area contributed by atoms with Gasteiger partial charge in [-0.3, -0.25) is 5.32 Å². The average molecular weight is 157 g/mol. The maximum atomic E-state index is 9.60. The van der Waals surface area contributed by atoms with Crippen LogP contribution in [0, 0.1) is 17.3 Å². The lowest BCUT2D eigenvalue weighted by Gasteiger charge is -2.30. The normalized spacial score (nSPS) is 33.5. The van der Waals surface area contributed by atoms with Crippen molar-refractivity contribution in [2.24, 2.45) is 17.3 Å². The van der Waals surface area contributed by atoms with Gasteiger partial charge in [0.25, 0.3) is 0 Å². The van der Waals surface area contributed by atoms with Gasteiger partial charge in [-0.1, -0.05) is 20.8 Å². The van der Waals surface area contributed by atoms with Crippen molar-refractivity contribution in [3.63, 3.8) is 0 Å². The predicted octanol–water partition coefficient (Wildman–Crippen LogP) is 1.21. The van der Waals surface area contributed by atoms with Gasteiger partial charge in [-0.05, 0) is 25.3 Å². The summed E-state index contributed by atoms with van der Waals surface area (Å²) in [6, 6.07) is 0. The van der Waals surface area contributed by atoms with Crippen molar-refractivity contribution in [3.05, 3.63) is 0 Å². The van der Waals surface area contributed by atoms with Gasteiger partial charge in [0.2, 0.25) is 0 Å². The van der Waals surface area contributed by atoms with E-state index in [1.807, 2.05) is 0 Å². The number of hydrogen-bond donors (Lipinski definition) is 2. The molecular formula is C9H19NO. The van der Waals surface area contributed by atoms with Crippen LogP contribution in [0.3, 0.4) is 0 Å². The zero-order valence-corrected chi connectivity index (χ0v) is 7.89. The summed E-state index contributed by atoms with van der Waals surface area (Å²) in [5.41, 5.74) is 0.0359. The third-order valence-corrected chi connectivity index (χ3v) is 3.04. The lowest BCUT2D eigenvalue weighted by Crippen LogP contribution is -2.41. The van der Waals surface area contributed by atoms with E-state index in [-0.39, 0.29) is 11.6 Å². The van der Waals surface area contributed by atoms with Crippen LogP contribution in [0.15, 0.2) is 0 Å². The Morgan fingerprint density at radius 2 is 2.00 bits per heavy atom. The van der Waals surface area contributed by atoms with E-state index in [9.17, 15) is 5.11 Å². The Hall–Kier alpha value is -0.0800. The topological polar surface area (TPSA) is 32.3 Å². The van der Waals surface area contributed by atoms with Crippen molar-refractivity contribution in [1.29, 1.82) is 0 Å². The quantitative estimate of drug-likeness (QED) is 0.603. The fourth-order valence-corrected chi connectivity index (χ4v) is 1.93. The molecule has 66 valence electrons. The van der Waals surface area contributed by atoms with Crippen molar-refractivity contribution < 1.29 is 5.11 Å². The lowest BCUT2D eigenvalue weighted by molar-refractivity contribution is 0.0104. The molecule has 1 aliphatic carbocycles. The summed E-state index contributed by atoms with van der Waals surface area (Å²) in [5.74, 6) is 1.50. The minimum absolute atomic E-state index is 0.0359. The molecule has 1 rings (SSSR count). The van der Waals surface area contributed by atoms with Crippen molar-refractivity contribution in [2.45, 2.75) is 33.4 Å². The van der Waals surface area contributed by atoms with Gasteiger partial charge >= 0.3 is 0 Å². The van der Waals surface area contributed by atoms with Crippen molar-refractivity contribution in [3.8, 4) is 0 Å². The Labute approximate surface area is 69.0 Å². The fourth-order valence-electron chi connectivity index (χ4n) is 1.93. The molecule has 3 atom stereocenters. The molecule has 0 heterocycles. The van der Waals surface area contributed by atoms with E-state index in [0.29, 0.717) is 5.92 Å². The maximum absolute atomic E-state index is 9.60. The second-order valence-electron chi connectivity index (χ2n) is 4.33.